The molecule has 0 spiro atoms. The van der Waals surface area contributed by atoms with Crippen molar-refractivity contribution in [3.63, 3.8) is 0 Å². The summed E-state index contributed by atoms with van der Waals surface area (Å²) in [4.78, 5) is 11.6. The lowest BCUT2D eigenvalue weighted by Crippen LogP contribution is -2.20. The zero-order chi connectivity index (χ0) is 17.8. The molecular formula is C20H23ClN2O2. The standard InChI is InChI=1S/C20H23ClN2O2/c1-23-13-15(10-11-20(23)24)19(22-25)12-17(14-6-2-3-7-14)16-8-4-5-9-18(16)21/h4-5,8-11,13-14,17,25H,2-3,6-7,12H2,1H3/b22-19+. The lowest BCUT2D eigenvalue weighted by atomic mass is 9.80. The molecule has 1 atom stereocenters. The Morgan fingerprint density at radius 2 is 2.00 bits per heavy atom. The Morgan fingerprint density at radius 1 is 1.28 bits per heavy atom. The summed E-state index contributed by atoms with van der Waals surface area (Å²) in [6.07, 6.45) is 7.12. The number of oxime groups is 1. The molecule has 0 bridgehead atoms. The molecule has 2 aromatic rings. The third-order valence-corrected chi connectivity index (χ3v) is 5.57. The van der Waals surface area contributed by atoms with E-state index in [0.29, 0.717) is 18.1 Å². The van der Waals surface area contributed by atoms with Crippen molar-refractivity contribution in [2.24, 2.45) is 18.1 Å². The van der Waals surface area contributed by atoms with Crippen molar-refractivity contribution in [3.05, 3.63) is 69.1 Å². The van der Waals surface area contributed by atoms with Gasteiger partial charge in [-0.2, -0.15) is 0 Å². The molecule has 0 aliphatic heterocycles. The van der Waals surface area contributed by atoms with E-state index in [0.717, 1.165) is 16.1 Å². The number of aryl methyl sites for hydroxylation is 1. The SMILES string of the molecule is Cn1cc(/C(CC(c2ccccc2Cl)C2CCCC2)=N/O)ccc1=O. The molecular weight excluding hydrogens is 336 g/mol. The largest absolute Gasteiger partial charge is 0.411 e. The van der Waals surface area contributed by atoms with Gasteiger partial charge in [-0.25, -0.2) is 0 Å². The van der Waals surface area contributed by atoms with Gasteiger partial charge in [0.2, 0.25) is 5.56 Å². The third-order valence-electron chi connectivity index (χ3n) is 5.23. The van der Waals surface area contributed by atoms with E-state index < -0.39 is 0 Å². The predicted molar refractivity (Wildman–Crippen MR) is 101 cm³/mol. The minimum absolute atomic E-state index is 0.0838. The second kappa shape index (κ2) is 7.87. The van der Waals surface area contributed by atoms with Gasteiger partial charge in [0.05, 0.1) is 5.71 Å². The molecule has 1 unspecified atom stereocenters. The maximum atomic E-state index is 11.6. The smallest absolute Gasteiger partial charge is 0.250 e. The first-order chi connectivity index (χ1) is 12.1. The van der Waals surface area contributed by atoms with Gasteiger partial charge in [-0.3, -0.25) is 4.79 Å². The highest BCUT2D eigenvalue weighted by Gasteiger charge is 2.29. The van der Waals surface area contributed by atoms with Crippen molar-refractivity contribution in [1.29, 1.82) is 0 Å². The summed E-state index contributed by atoms with van der Waals surface area (Å²) in [5.41, 5.74) is 2.38. The van der Waals surface area contributed by atoms with E-state index in [4.69, 9.17) is 11.6 Å². The van der Waals surface area contributed by atoms with Crippen LogP contribution in [0.4, 0.5) is 0 Å². The summed E-state index contributed by atoms with van der Waals surface area (Å²) in [5, 5.41) is 13.9. The third kappa shape index (κ3) is 3.96. The topological polar surface area (TPSA) is 54.6 Å². The van der Waals surface area contributed by atoms with Gasteiger partial charge in [-0.05, 0) is 42.4 Å². The average molecular weight is 359 g/mol. The normalized spacial score (nSPS) is 17.0. The highest BCUT2D eigenvalue weighted by atomic mass is 35.5. The summed E-state index contributed by atoms with van der Waals surface area (Å²) >= 11 is 6.47. The fourth-order valence-electron chi connectivity index (χ4n) is 3.86. The molecule has 132 valence electrons. The highest BCUT2D eigenvalue weighted by molar-refractivity contribution is 6.31. The van der Waals surface area contributed by atoms with Crippen molar-refractivity contribution >= 4 is 17.3 Å². The molecule has 1 saturated carbocycles. The first kappa shape index (κ1) is 17.7. The first-order valence-corrected chi connectivity index (χ1v) is 9.10. The molecule has 0 radical (unpaired) electrons. The zero-order valence-corrected chi connectivity index (χ0v) is 15.1. The van der Waals surface area contributed by atoms with Crippen LogP contribution < -0.4 is 5.56 Å². The van der Waals surface area contributed by atoms with E-state index in [1.165, 1.54) is 36.3 Å². The second-order valence-electron chi connectivity index (χ2n) is 6.79. The van der Waals surface area contributed by atoms with Gasteiger partial charge in [-0.15, -0.1) is 0 Å². The number of halogens is 1. The van der Waals surface area contributed by atoms with Crippen LogP contribution in [0.5, 0.6) is 0 Å². The molecule has 1 heterocycles. The predicted octanol–water partition coefficient (Wildman–Crippen LogP) is 4.58. The van der Waals surface area contributed by atoms with E-state index >= 15 is 0 Å². The number of benzene rings is 1. The number of nitrogens with zero attached hydrogens (tertiary/aromatic N) is 2. The number of hydrogen-bond donors (Lipinski definition) is 1. The molecule has 5 heteroatoms. The van der Waals surface area contributed by atoms with Gasteiger partial charge in [-0.1, -0.05) is 47.8 Å². The Morgan fingerprint density at radius 3 is 2.64 bits per heavy atom. The quantitative estimate of drug-likeness (QED) is 0.483. The van der Waals surface area contributed by atoms with Crippen LogP contribution in [0, 0.1) is 5.92 Å². The summed E-state index contributed by atoms with van der Waals surface area (Å²) < 4.78 is 1.50. The van der Waals surface area contributed by atoms with Crippen LogP contribution in [0.3, 0.4) is 0 Å². The van der Waals surface area contributed by atoms with E-state index in [2.05, 4.69) is 11.2 Å². The zero-order valence-electron chi connectivity index (χ0n) is 14.4. The highest BCUT2D eigenvalue weighted by Crippen LogP contribution is 2.42. The molecule has 25 heavy (non-hydrogen) atoms. The second-order valence-corrected chi connectivity index (χ2v) is 7.20. The van der Waals surface area contributed by atoms with Gasteiger partial charge in [0.25, 0.3) is 0 Å². The van der Waals surface area contributed by atoms with Gasteiger partial charge < -0.3 is 9.77 Å². The minimum Gasteiger partial charge on any atom is -0.411 e. The summed E-state index contributed by atoms with van der Waals surface area (Å²) in [6, 6.07) is 11.1. The van der Waals surface area contributed by atoms with Crippen LogP contribution in [0.1, 0.15) is 49.1 Å². The maximum absolute atomic E-state index is 11.6. The van der Waals surface area contributed by atoms with Crippen molar-refractivity contribution in [3.8, 4) is 0 Å². The van der Waals surface area contributed by atoms with Crippen molar-refractivity contribution in [1.82, 2.24) is 4.57 Å². The summed E-state index contributed by atoms with van der Waals surface area (Å²) in [6.45, 7) is 0. The van der Waals surface area contributed by atoms with Gasteiger partial charge in [0, 0.05) is 36.3 Å². The molecule has 1 fully saturated rings. The Labute approximate surface area is 152 Å². The van der Waals surface area contributed by atoms with E-state index in [1.54, 1.807) is 19.3 Å². The van der Waals surface area contributed by atoms with Crippen LogP contribution in [0.15, 0.2) is 52.5 Å². The number of rotatable bonds is 5. The van der Waals surface area contributed by atoms with Crippen LogP contribution in [0.25, 0.3) is 0 Å². The number of hydrogen-bond acceptors (Lipinski definition) is 3. The molecule has 0 amide bonds. The van der Waals surface area contributed by atoms with Crippen LogP contribution in [0.2, 0.25) is 5.02 Å². The Balaban J connectivity index is 1.94. The van der Waals surface area contributed by atoms with Crippen LogP contribution >= 0.6 is 11.6 Å². The first-order valence-electron chi connectivity index (χ1n) is 8.72. The molecule has 0 saturated heterocycles. The lowest BCUT2D eigenvalue weighted by Gasteiger charge is -2.25. The van der Waals surface area contributed by atoms with Gasteiger partial charge in [0.1, 0.15) is 0 Å². The Bertz CT molecular complexity index is 822. The Hall–Kier alpha value is -2.07. The van der Waals surface area contributed by atoms with Crippen molar-refractivity contribution in [2.45, 2.75) is 38.0 Å². The summed E-state index contributed by atoms with van der Waals surface area (Å²) in [7, 11) is 1.70. The number of aromatic nitrogens is 1. The van der Waals surface area contributed by atoms with Gasteiger partial charge >= 0.3 is 0 Å². The fraction of sp³-hybridized carbons (Fsp3) is 0.400. The Kier molecular flexibility index (Phi) is 5.59. The molecule has 1 aliphatic rings. The van der Waals surface area contributed by atoms with Gasteiger partial charge in [0.15, 0.2) is 0 Å². The van der Waals surface area contributed by atoms with E-state index in [-0.39, 0.29) is 11.5 Å². The van der Waals surface area contributed by atoms with Crippen LogP contribution in [-0.2, 0) is 7.05 Å². The van der Waals surface area contributed by atoms with Crippen LogP contribution in [-0.4, -0.2) is 15.5 Å². The molecule has 4 nitrogen and oxygen atoms in total. The molecule has 1 aromatic carbocycles. The fourth-order valence-corrected chi connectivity index (χ4v) is 4.13. The average Bonchev–Trinajstić information content (AvgIpc) is 3.14. The molecule has 1 N–H and O–H groups in total. The monoisotopic (exact) mass is 358 g/mol. The van der Waals surface area contributed by atoms with E-state index in [9.17, 15) is 10.0 Å². The van der Waals surface area contributed by atoms with E-state index in [1.807, 2.05) is 18.2 Å². The maximum Gasteiger partial charge on any atom is 0.250 e. The lowest BCUT2D eigenvalue weighted by molar-refractivity contribution is 0.316. The molecule has 1 aliphatic carbocycles. The molecule has 1 aromatic heterocycles. The van der Waals surface area contributed by atoms with Crippen molar-refractivity contribution < 1.29 is 5.21 Å². The minimum atomic E-state index is -0.0838. The van der Waals surface area contributed by atoms with Crippen molar-refractivity contribution in [2.75, 3.05) is 0 Å². The number of pyridine rings is 1. The molecule has 3 rings (SSSR count). The summed E-state index contributed by atoms with van der Waals surface area (Å²) in [5.74, 6) is 0.739.